The molecular formula is C13H16N4O. The fourth-order valence-electron chi connectivity index (χ4n) is 1.68. The number of benzene rings is 1. The summed E-state index contributed by atoms with van der Waals surface area (Å²) in [7, 11) is 1.75. The summed E-state index contributed by atoms with van der Waals surface area (Å²) in [5.41, 5.74) is 7.19. The Labute approximate surface area is 106 Å². The molecule has 0 bridgehead atoms. The molecule has 0 atom stereocenters. The number of nitrogens with zero attached hydrogens (tertiary/aromatic N) is 2. The van der Waals surface area contributed by atoms with Crippen molar-refractivity contribution in [2.24, 2.45) is 5.73 Å². The molecule has 0 saturated heterocycles. The number of rotatable bonds is 4. The van der Waals surface area contributed by atoms with E-state index in [0.717, 1.165) is 11.4 Å². The van der Waals surface area contributed by atoms with Gasteiger partial charge in [0.2, 0.25) is 0 Å². The average Bonchev–Trinajstić information content (AvgIpc) is 2.91. The molecule has 1 aromatic heterocycles. The molecule has 0 aliphatic carbocycles. The van der Waals surface area contributed by atoms with Gasteiger partial charge in [0.05, 0.1) is 6.54 Å². The largest absolute Gasteiger partial charge is 0.347 e. The maximum Gasteiger partial charge on any atom is 0.253 e. The molecule has 3 N–H and O–H groups in total. The molecule has 5 nitrogen and oxygen atoms in total. The summed E-state index contributed by atoms with van der Waals surface area (Å²) < 4.78 is 0. The molecule has 0 spiro atoms. The first-order chi connectivity index (χ1) is 8.70. The molecule has 2 aromatic rings. The van der Waals surface area contributed by atoms with Gasteiger partial charge >= 0.3 is 0 Å². The van der Waals surface area contributed by atoms with Gasteiger partial charge in [-0.25, -0.2) is 4.98 Å². The van der Waals surface area contributed by atoms with Crippen molar-refractivity contribution < 1.29 is 4.79 Å². The lowest BCUT2D eigenvalue weighted by Crippen LogP contribution is -2.26. The Hall–Kier alpha value is -2.14. The Morgan fingerprint density at radius 2 is 2.11 bits per heavy atom. The standard InChI is InChI=1S/C13H16N4O/c1-17(9-12-15-6-7-16-12)13(18)11-4-2-10(8-14)3-5-11/h2-7H,8-9,14H2,1H3,(H,15,16). The minimum atomic E-state index is -0.0324. The van der Waals surface area contributed by atoms with E-state index in [0.29, 0.717) is 18.7 Å². The van der Waals surface area contributed by atoms with Gasteiger partial charge in [-0.15, -0.1) is 0 Å². The second-order valence-electron chi connectivity index (χ2n) is 4.10. The predicted octanol–water partition coefficient (Wildman–Crippen LogP) is 1.14. The average molecular weight is 244 g/mol. The number of carbonyl (C=O) groups is 1. The van der Waals surface area contributed by atoms with E-state index < -0.39 is 0 Å². The highest BCUT2D eigenvalue weighted by Crippen LogP contribution is 2.08. The van der Waals surface area contributed by atoms with Gasteiger partial charge in [-0.1, -0.05) is 12.1 Å². The van der Waals surface area contributed by atoms with Gasteiger partial charge in [-0.3, -0.25) is 4.79 Å². The van der Waals surface area contributed by atoms with Crippen molar-refractivity contribution in [2.45, 2.75) is 13.1 Å². The van der Waals surface area contributed by atoms with Gasteiger partial charge in [0.25, 0.3) is 5.91 Å². The molecule has 0 radical (unpaired) electrons. The Kier molecular flexibility index (Phi) is 3.74. The highest BCUT2D eigenvalue weighted by atomic mass is 16.2. The van der Waals surface area contributed by atoms with Crippen molar-refractivity contribution in [3.05, 3.63) is 53.6 Å². The van der Waals surface area contributed by atoms with Crippen molar-refractivity contribution in [2.75, 3.05) is 7.05 Å². The van der Waals surface area contributed by atoms with Crippen molar-refractivity contribution >= 4 is 5.91 Å². The van der Waals surface area contributed by atoms with Gasteiger partial charge < -0.3 is 15.6 Å². The summed E-state index contributed by atoms with van der Waals surface area (Å²) in [5, 5.41) is 0. The molecule has 2 rings (SSSR count). The summed E-state index contributed by atoms with van der Waals surface area (Å²) >= 11 is 0. The van der Waals surface area contributed by atoms with E-state index in [1.165, 1.54) is 0 Å². The van der Waals surface area contributed by atoms with Crippen molar-refractivity contribution in [1.82, 2.24) is 14.9 Å². The van der Waals surface area contributed by atoms with Crippen molar-refractivity contribution in [3.63, 3.8) is 0 Å². The van der Waals surface area contributed by atoms with E-state index in [1.807, 2.05) is 12.1 Å². The zero-order chi connectivity index (χ0) is 13.0. The summed E-state index contributed by atoms with van der Waals surface area (Å²) in [6.45, 7) is 0.946. The summed E-state index contributed by atoms with van der Waals surface area (Å²) in [5.74, 6) is 0.736. The first kappa shape index (κ1) is 12.3. The Balaban J connectivity index is 2.05. The summed E-state index contributed by atoms with van der Waals surface area (Å²) in [6.07, 6.45) is 3.41. The monoisotopic (exact) mass is 244 g/mol. The summed E-state index contributed by atoms with van der Waals surface area (Å²) in [6, 6.07) is 7.33. The molecule has 0 aliphatic heterocycles. The molecule has 18 heavy (non-hydrogen) atoms. The van der Waals surface area contributed by atoms with Crippen LogP contribution in [0.4, 0.5) is 0 Å². The first-order valence-corrected chi connectivity index (χ1v) is 5.73. The molecular weight excluding hydrogens is 228 g/mol. The highest BCUT2D eigenvalue weighted by molar-refractivity contribution is 5.94. The third-order valence-corrected chi connectivity index (χ3v) is 2.73. The van der Waals surface area contributed by atoms with Crippen LogP contribution < -0.4 is 5.73 Å². The number of nitrogens with two attached hydrogens (primary N) is 1. The number of hydrogen-bond acceptors (Lipinski definition) is 3. The first-order valence-electron chi connectivity index (χ1n) is 5.73. The van der Waals surface area contributed by atoms with E-state index in [2.05, 4.69) is 9.97 Å². The van der Waals surface area contributed by atoms with Crippen LogP contribution in [0.25, 0.3) is 0 Å². The number of hydrogen-bond donors (Lipinski definition) is 2. The van der Waals surface area contributed by atoms with Crippen LogP contribution in [0.15, 0.2) is 36.7 Å². The molecule has 0 saturated carbocycles. The number of H-pyrrole nitrogens is 1. The van der Waals surface area contributed by atoms with Crippen LogP contribution in [0.2, 0.25) is 0 Å². The lowest BCUT2D eigenvalue weighted by molar-refractivity contribution is 0.0782. The van der Waals surface area contributed by atoms with Gasteiger partial charge in [0.1, 0.15) is 5.82 Å². The van der Waals surface area contributed by atoms with Gasteiger partial charge in [-0.2, -0.15) is 0 Å². The number of aromatic nitrogens is 2. The highest BCUT2D eigenvalue weighted by Gasteiger charge is 2.12. The second kappa shape index (κ2) is 5.46. The van der Waals surface area contributed by atoms with Crippen LogP contribution in [-0.2, 0) is 13.1 Å². The van der Waals surface area contributed by atoms with Crippen molar-refractivity contribution in [3.8, 4) is 0 Å². The summed E-state index contributed by atoms with van der Waals surface area (Å²) in [4.78, 5) is 20.8. The molecule has 5 heteroatoms. The van der Waals surface area contributed by atoms with E-state index >= 15 is 0 Å². The van der Waals surface area contributed by atoms with Crippen LogP contribution >= 0.6 is 0 Å². The molecule has 1 amide bonds. The molecule has 1 aromatic carbocycles. The van der Waals surface area contributed by atoms with Gasteiger partial charge in [0, 0.05) is 31.5 Å². The second-order valence-corrected chi connectivity index (χ2v) is 4.10. The number of carbonyl (C=O) groups excluding carboxylic acids is 1. The molecule has 0 unspecified atom stereocenters. The van der Waals surface area contributed by atoms with Crippen molar-refractivity contribution in [1.29, 1.82) is 0 Å². The smallest absolute Gasteiger partial charge is 0.253 e. The number of aromatic amines is 1. The van der Waals surface area contributed by atoms with E-state index in [9.17, 15) is 4.79 Å². The van der Waals surface area contributed by atoms with Crippen LogP contribution in [0.1, 0.15) is 21.7 Å². The Morgan fingerprint density at radius 1 is 1.39 bits per heavy atom. The zero-order valence-electron chi connectivity index (χ0n) is 10.3. The fourth-order valence-corrected chi connectivity index (χ4v) is 1.68. The van der Waals surface area contributed by atoms with Crippen LogP contribution in [0.5, 0.6) is 0 Å². The maximum absolute atomic E-state index is 12.1. The van der Waals surface area contributed by atoms with Gasteiger partial charge in [-0.05, 0) is 17.7 Å². The Bertz CT molecular complexity index is 504. The molecule has 0 fully saturated rings. The third-order valence-electron chi connectivity index (χ3n) is 2.73. The lowest BCUT2D eigenvalue weighted by Gasteiger charge is -2.15. The number of imidazole rings is 1. The van der Waals surface area contributed by atoms with E-state index in [1.54, 1.807) is 36.5 Å². The fraction of sp³-hybridized carbons (Fsp3) is 0.231. The predicted molar refractivity (Wildman–Crippen MR) is 68.7 cm³/mol. The minimum absolute atomic E-state index is 0.0324. The third kappa shape index (κ3) is 2.75. The Morgan fingerprint density at radius 3 is 2.67 bits per heavy atom. The number of nitrogens with one attached hydrogen (secondary N) is 1. The van der Waals surface area contributed by atoms with Gasteiger partial charge in [0.15, 0.2) is 0 Å². The molecule has 0 aliphatic rings. The maximum atomic E-state index is 12.1. The van der Waals surface area contributed by atoms with Crippen LogP contribution in [0.3, 0.4) is 0 Å². The molecule has 1 heterocycles. The topological polar surface area (TPSA) is 75.0 Å². The lowest BCUT2D eigenvalue weighted by atomic mass is 10.1. The normalized spacial score (nSPS) is 10.3. The minimum Gasteiger partial charge on any atom is -0.347 e. The van der Waals surface area contributed by atoms with E-state index in [4.69, 9.17) is 5.73 Å². The van der Waals surface area contributed by atoms with Crippen LogP contribution in [-0.4, -0.2) is 27.8 Å². The number of amides is 1. The van der Waals surface area contributed by atoms with Crippen LogP contribution in [0, 0.1) is 0 Å². The molecule has 94 valence electrons. The zero-order valence-corrected chi connectivity index (χ0v) is 10.3. The quantitative estimate of drug-likeness (QED) is 0.847. The van der Waals surface area contributed by atoms with E-state index in [-0.39, 0.29) is 5.91 Å². The SMILES string of the molecule is CN(Cc1ncc[nH]1)C(=O)c1ccc(CN)cc1.